The summed E-state index contributed by atoms with van der Waals surface area (Å²) in [7, 11) is 0. The van der Waals surface area contributed by atoms with E-state index in [1.165, 1.54) is 0 Å². The number of hydrogen-bond acceptors (Lipinski definition) is 5. The monoisotopic (exact) mass is 323 g/mol. The van der Waals surface area contributed by atoms with Gasteiger partial charge in [0.2, 0.25) is 0 Å². The lowest BCUT2D eigenvalue weighted by atomic mass is 10.2. The predicted octanol–water partition coefficient (Wildman–Crippen LogP) is 3.71. The van der Waals surface area contributed by atoms with Crippen LogP contribution in [0.5, 0.6) is 0 Å². The van der Waals surface area contributed by atoms with Crippen LogP contribution in [0, 0.1) is 0 Å². The van der Waals surface area contributed by atoms with E-state index < -0.39 is 0 Å². The Bertz CT molecular complexity index is 782. The number of morpholine rings is 1. The third-order valence-corrected chi connectivity index (χ3v) is 4.79. The van der Waals surface area contributed by atoms with Crippen LogP contribution in [0.2, 0.25) is 0 Å². The standard InChI is InChI=1S/C18H17N3OS/c1-2-4-14(5-3-1)16-13-23-18(20-16)15-6-7-19-17(12-15)21-8-10-22-11-9-21/h1-7,12-13H,8-11H2. The van der Waals surface area contributed by atoms with E-state index in [4.69, 9.17) is 9.72 Å². The summed E-state index contributed by atoms with van der Waals surface area (Å²) in [5.41, 5.74) is 3.29. The molecule has 1 aliphatic heterocycles. The van der Waals surface area contributed by atoms with Crippen LogP contribution in [0.3, 0.4) is 0 Å². The molecule has 2 aromatic heterocycles. The van der Waals surface area contributed by atoms with Crippen molar-refractivity contribution >= 4 is 17.2 Å². The second kappa shape index (κ2) is 6.48. The van der Waals surface area contributed by atoms with Crippen LogP contribution in [0.1, 0.15) is 0 Å². The zero-order valence-electron chi connectivity index (χ0n) is 12.7. The Labute approximate surface area is 139 Å². The highest BCUT2D eigenvalue weighted by atomic mass is 32.1. The first-order chi connectivity index (χ1) is 11.4. The molecule has 0 radical (unpaired) electrons. The molecule has 4 rings (SSSR count). The number of thiazole rings is 1. The van der Waals surface area contributed by atoms with E-state index in [1.807, 2.05) is 30.5 Å². The average molecular weight is 323 g/mol. The Morgan fingerprint density at radius 1 is 1.00 bits per heavy atom. The molecular weight excluding hydrogens is 306 g/mol. The number of ether oxygens (including phenoxy) is 1. The van der Waals surface area contributed by atoms with Crippen molar-refractivity contribution < 1.29 is 4.74 Å². The van der Waals surface area contributed by atoms with Gasteiger partial charge < -0.3 is 9.64 Å². The molecule has 1 aliphatic rings. The van der Waals surface area contributed by atoms with Gasteiger partial charge in [0, 0.05) is 35.8 Å². The number of pyridine rings is 1. The van der Waals surface area contributed by atoms with Crippen molar-refractivity contribution in [1.29, 1.82) is 0 Å². The SMILES string of the molecule is c1ccc(-c2csc(-c3ccnc(N4CCOCC4)c3)n2)cc1. The zero-order chi connectivity index (χ0) is 15.5. The normalized spacial score (nSPS) is 14.9. The Morgan fingerprint density at radius 3 is 2.65 bits per heavy atom. The van der Waals surface area contributed by atoms with Crippen LogP contribution in [0.4, 0.5) is 5.82 Å². The minimum atomic E-state index is 0.765. The first-order valence-electron chi connectivity index (χ1n) is 7.70. The van der Waals surface area contributed by atoms with Crippen molar-refractivity contribution in [3.8, 4) is 21.8 Å². The summed E-state index contributed by atoms with van der Waals surface area (Å²) in [5, 5.41) is 3.14. The van der Waals surface area contributed by atoms with E-state index in [1.54, 1.807) is 11.3 Å². The number of rotatable bonds is 3. The smallest absolute Gasteiger partial charge is 0.129 e. The number of hydrogen-bond donors (Lipinski definition) is 0. The van der Waals surface area contributed by atoms with Crippen molar-refractivity contribution in [2.24, 2.45) is 0 Å². The molecular formula is C18H17N3OS. The van der Waals surface area contributed by atoms with Crippen LogP contribution in [-0.2, 0) is 4.74 Å². The van der Waals surface area contributed by atoms with Gasteiger partial charge in [-0.3, -0.25) is 0 Å². The van der Waals surface area contributed by atoms with E-state index in [0.29, 0.717) is 0 Å². The highest BCUT2D eigenvalue weighted by molar-refractivity contribution is 7.13. The first-order valence-corrected chi connectivity index (χ1v) is 8.58. The molecule has 3 aromatic rings. The molecule has 0 saturated carbocycles. The van der Waals surface area contributed by atoms with Crippen molar-refractivity contribution in [1.82, 2.24) is 9.97 Å². The fourth-order valence-electron chi connectivity index (χ4n) is 2.66. The number of benzene rings is 1. The lowest BCUT2D eigenvalue weighted by Crippen LogP contribution is -2.36. The second-order valence-corrected chi connectivity index (χ2v) is 6.26. The van der Waals surface area contributed by atoms with E-state index in [0.717, 1.165) is 53.9 Å². The summed E-state index contributed by atoms with van der Waals surface area (Å²) in [4.78, 5) is 11.5. The van der Waals surface area contributed by atoms with E-state index in [-0.39, 0.29) is 0 Å². The molecule has 0 N–H and O–H groups in total. The average Bonchev–Trinajstić information content (AvgIpc) is 3.14. The summed E-state index contributed by atoms with van der Waals surface area (Å²) >= 11 is 1.67. The maximum Gasteiger partial charge on any atom is 0.129 e. The summed E-state index contributed by atoms with van der Waals surface area (Å²) in [5.74, 6) is 1.00. The van der Waals surface area contributed by atoms with E-state index >= 15 is 0 Å². The summed E-state index contributed by atoms with van der Waals surface area (Å²) in [6.45, 7) is 3.32. The van der Waals surface area contributed by atoms with Gasteiger partial charge in [-0.25, -0.2) is 9.97 Å². The summed E-state index contributed by atoms with van der Waals surface area (Å²) in [6, 6.07) is 14.4. The van der Waals surface area contributed by atoms with Crippen LogP contribution in [0.15, 0.2) is 54.0 Å². The molecule has 0 spiro atoms. The Hall–Kier alpha value is -2.24. The van der Waals surface area contributed by atoms with Gasteiger partial charge in [-0.1, -0.05) is 30.3 Å². The second-order valence-electron chi connectivity index (χ2n) is 5.41. The first kappa shape index (κ1) is 14.4. The quantitative estimate of drug-likeness (QED) is 0.736. The van der Waals surface area contributed by atoms with E-state index in [9.17, 15) is 0 Å². The van der Waals surface area contributed by atoms with Crippen LogP contribution >= 0.6 is 11.3 Å². The maximum atomic E-state index is 5.41. The molecule has 3 heterocycles. The zero-order valence-corrected chi connectivity index (χ0v) is 13.5. The lowest BCUT2D eigenvalue weighted by molar-refractivity contribution is 0.122. The Kier molecular flexibility index (Phi) is 4.05. The fourth-order valence-corrected chi connectivity index (χ4v) is 3.49. The number of anilines is 1. The van der Waals surface area contributed by atoms with Gasteiger partial charge in [0.1, 0.15) is 10.8 Å². The maximum absolute atomic E-state index is 5.41. The topological polar surface area (TPSA) is 38.2 Å². The van der Waals surface area contributed by atoms with Gasteiger partial charge in [0.05, 0.1) is 18.9 Å². The van der Waals surface area contributed by atoms with Crippen LogP contribution in [0.25, 0.3) is 21.8 Å². The highest BCUT2D eigenvalue weighted by Crippen LogP contribution is 2.30. The van der Waals surface area contributed by atoms with Gasteiger partial charge in [-0.2, -0.15) is 0 Å². The lowest BCUT2D eigenvalue weighted by Gasteiger charge is -2.27. The molecule has 23 heavy (non-hydrogen) atoms. The molecule has 5 heteroatoms. The van der Waals surface area contributed by atoms with Crippen molar-refractivity contribution in [3.05, 3.63) is 54.0 Å². The molecule has 0 aliphatic carbocycles. The van der Waals surface area contributed by atoms with E-state index in [2.05, 4.69) is 33.5 Å². The molecule has 0 unspecified atom stereocenters. The van der Waals surface area contributed by atoms with Crippen molar-refractivity contribution in [3.63, 3.8) is 0 Å². The molecule has 4 nitrogen and oxygen atoms in total. The van der Waals surface area contributed by atoms with Crippen LogP contribution < -0.4 is 4.90 Å². The fraction of sp³-hybridized carbons (Fsp3) is 0.222. The summed E-state index contributed by atoms with van der Waals surface area (Å²) < 4.78 is 5.41. The molecule has 1 aromatic carbocycles. The largest absolute Gasteiger partial charge is 0.378 e. The Morgan fingerprint density at radius 2 is 1.83 bits per heavy atom. The Balaban J connectivity index is 1.62. The van der Waals surface area contributed by atoms with Gasteiger partial charge in [-0.15, -0.1) is 11.3 Å². The third kappa shape index (κ3) is 3.11. The van der Waals surface area contributed by atoms with Crippen molar-refractivity contribution in [2.45, 2.75) is 0 Å². The number of aromatic nitrogens is 2. The third-order valence-electron chi connectivity index (χ3n) is 3.90. The van der Waals surface area contributed by atoms with Crippen LogP contribution in [-0.4, -0.2) is 36.3 Å². The van der Waals surface area contributed by atoms with Gasteiger partial charge in [0.25, 0.3) is 0 Å². The van der Waals surface area contributed by atoms with Gasteiger partial charge >= 0.3 is 0 Å². The van der Waals surface area contributed by atoms with Gasteiger partial charge in [-0.05, 0) is 12.1 Å². The minimum Gasteiger partial charge on any atom is -0.378 e. The molecule has 1 fully saturated rings. The molecule has 1 saturated heterocycles. The highest BCUT2D eigenvalue weighted by Gasteiger charge is 2.14. The molecule has 0 bridgehead atoms. The minimum absolute atomic E-state index is 0.765. The number of nitrogens with zero attached hydrogens (tertiary/aromatic N) is 3. The van der Waals surface area contributed by atoms with Gasteiger partial charge in [0.15, 0.2) is 0 Å². The molecule has 0 amide bonds. The molecule has 116 valence electrons. The molecule has 0 atom stereocenters. The van der Waals surface area contributed by atoms with Crippen molar-refractivity contribution in [2.75, 3.05) is 31.2 Å². The predicted molar refractivity (Wildman–Crippen MR) is 93.8 cm³/mol. The summed E-state index contributed by atoms with van der Waals surface area (Å²) in [6.07, 6.45) is 1.86.